The lowest BCUT2D eigenvalue weighted by atomic mass is 9.79. The van der Waals surface area contributed by atoms with Crippen molar-refractivity contribution < 1.29 is 9.53 Å². The Labute approximate surface area is 93.4 Å². The molecule has 0 radical (unpaired) electrons. The average Bonchev–Trinajstić information content (AvgIpc) is 2.62. The summed E-state index contributed by atoms with van der Waals surface area (Å²) in [6.45, 7) is 9.39. The Morgan fingerprint density at radius 3 is 2.47 bits per heavy atom. The van der Waals surface area contributed by atoms with Crippen LogP contribution in [0.2, 0.25) is 0 Å². The van der Waals surface area contributed by atoms with Gasteiger partial charge < -0.3 is 4.74 Å². The summed E-state index contributed by atoms with van der Waals surface area (Å²) in [5, 5.41) is 0. The highest BCUT2D eigenvalue weighted by Crippen LogP contribution is 2.42. The molecule has 0 aliphatic heterocycles. The zero-order chi connectivity index (χ0) is 11.5. The first kappa shape index (κ1) is 12.5. The molecule has 2 heteroatoms. The van der Waals surface area contributed by atoms with E-state index in [2.05, 4.69) is 20.8 Å². The van der Waals surface area contributed by atoms with Crippen molar-refractivity contribution in [2.45, 2.75) is 53.4 Å². The van der Waals surface area contributed by atoms with Crippen molar-refractivity contribution in [3.63, 3.8) is 0 Å². The summed E-state index contributed by atoms with van der Waals surface area (Å²) in [7, 11) is 0. The van der Waals surface area contributed by atoms with E-state index in [-0.39, 0.29) is 11.9 Å². The van der Waals surface area contributed by atoms with Gasteiger partial charge in [-0.25, -0.2) is 0 Å². The number of carbonyl (C=O) groups excluding carboxylic acids is 1. The largest absolute Gasteiger partial charge is 0.465 e. The maximum Gasteiger partial charge on any atom is 0.308 e. The third-order valence-corrected chi connectivity index (χ3v) is 3.44. The van der Waals surface area contributed by atoms with E-state index >= 15 is 0 Å². The van der Waals surface area contributed by atoms with Crippen LogP contribution in [0.1, 0.15) is 53.4 Å². The van der Waals surface area contributed by atoms with E-state index in [9.17, 15) is 4.79 Å². The number of ether oxygens (including phenoxy) is 1. The normalized spacial score (nSPS) is 26.7. The minimum absolute atomic E-state index is 0.0311. The van der Waals surface area contributed by atoms with Crippen LogP contribution in [0.3, 0.4) is 0 Å². The van der Waals surface area contributed by atoms with Gasteiger partial charge in [0.05, 0.1) is 12.5 Å². The summed E-state index contributed by atoms with van der Waals surface area (Å²) in [5.74, 6) is 0.876. The molecule has 2 unspecified atom stereocenters. The Morgan fingerprint density at radius 1 is 1.33 bits per heavy atom. The van der Waals surface area contributed by atoms with Gasteiger partial charge in [-0.15, -0.1) is 0 Å². The molecule has 0 amide bonds. The Bertz CT molecular complexity index is 215. The van der Waals surface area contributed by atoms with Crippen LogP contribution in [0.4, 0.5) is 0 Å². The van der Waals surface area contributed by atoms with Gasteiger partial charge in [0.15, 0.2) is 0 Å². The third kappa shape index (κ3) is 3.51. The third-order valence-electron chi connectivity index (χ3n) is 3.44. The molecule has 1 fully saturated rings. The molecule has 0 heterocycles. The van der Waals surface area contributed by atoms with Gasteiger partial charge in [0.2, 0.25) is 0 Å². The fourth-order valence-corrected chi connectivity index (χ4v) is 2.30. The first-order chi connectivity index (χ1) is 6.95. The molecular formula is C13H24O2. The van der Waals surface area contributed by atoms with Gasteiger partial charge in [0.25, 0.3) is 0 Å². The number of rotatable bonds is 3. The zero-order valence-corrected chi connectivity index (χ0v) is 10.5. The number of esters is 1. The lowest BCUT2D eigenvalue weighted by Gasteiger charge is -2.26. The van der Waals surface area contributed by atoms with Crippen LogP contribution in [-0.4, -0.2) is 12.6 Å². The van der Waals surface area contributed by atoms with Crippen molar-refractivity contribution in [1.29, 1.82) is 0 Å². The zero-order valence-electron chi connectivity index (χ0n) is 10.5. The van der Waals surface area contributed by atoms with E-state index in [0.717, 1.165) is 19.3 Å². The summed E-state index contributed by atoms with van der Waals surface area (Å²) in [4.78, 5) is 11.7. The monoisotopic (exact) mass is 212 g/mol. The molecule has 0 aromatic heterocycles. The van der Waals surface area contributed by atoms with Crippen LogP contribution in [0, 0.1) is 17.3 Å². The quantitative estimate of drug-likeness (QED) is 0.670. The van der Waals surface area contributed by atoms with Crippen molar-refractivity contribution in [3.05, 3.63) is 0 Å². The van der Waals surface area contributed by atoms with Crippen molar-refractivity contribution in [1.82, 2.24) is 0 Å². The first-order valence-corrected chi connectivity index (χ1v) is 6.11. The number of hydrogen-bond donors (Lipinski definition) is 0. The van der Waals surface area contributed by atoms with Gasteiger partial charge in [-0.1, -0.05) is 27.7 Å². The molecular weight excluding hydrogens is 188 g/mol. The molecule has 0 N–H and O–H groups in total. The Balaban J connectivity index is 2.39. The molecule has 1 aliphatic carbocycles. The minimum Gasteiger partial charge on any atom is -0.465 e. The molecule has 0 aromatic carbocycles. The van der Waals surface area contributed by atoms with Gasteiger partial charge in [0, 0.05) is 0 Å². The van der Waals surface area contributed by atoms with Gasteiger partial charge in [-0.05, 0) is 37.0 Å². The minimum atomic E-state index is 0.0311. The van der Waals surface area contributed by atoms with Gasteiger partial charge in [-0.3, -0.25) is 4.79 Å². The lowest BCUT2D eigenvalue weighted by molar-refractivity contribution is -0.148. The summed E-state index contributed by atoms with van der Waals surface area (Å²) >= 11 is 0. The fraction of sp³-hybridized carbons (Fsp3) is 0.923. The van der Waals surface area contributed by atoms with Crippen LogP contribution < -0.4 is 0 Å². The molecule has 2 nitrogen and oxygen atoms in total. The van der Waals surface area contributed by atoms with E-state index in [1.54, 1.807) is 0 Å². The summed E-state index contributed by atoms with van der Waals surface area (Å²) in [6.07, 6.45) is 4.13. The molecule has 1 saturated carbocycles. The molecule has 0 bridgehead atoms. The fourth-order valence-electron chi connectivity index (χ4n) is 2.30. The van der Waals surface area contributed by atoms with Crippen molar-refractivity contribution in [2.75, 3.05) is 6.61 Å². The summed E-state index contributed by atoms with van der Waals surface area (Å²) in [6, 6.07) is 0. The van der Waals surface area contributed by atoms with Crippen LogP contribution in [0.15, 0.2) is 0 Å². The molecule has 15 heavy (non-hydrogen) atoms. The predicted molar refractivity (Wildman–Crippen MR) is 61.5 cm³/mol. The van der Waals surface area contributed by atoms with E-state index in [1.807, 2.05) is 6.92 Å². The molecule has 0 aromatic rings. The molecule has 1 rings (SSSR count). The molecule has 1 aliphatic rings. The topological polar surface area (TPSA) is 26.3 Å². The molecule has 0 saturated heterocycles. The van der Waals surface area contributed by atoms with Gasteiger partial charge in [0.1, 0.15) is 0 Å². The standard InChI is InChI=1S/C13H24O2/c1-5-8-15-12(14)10-6-7-11(9-10)13(2,3)4/h10-11H,5-9H2,1-4H3. The van der Waals surface area contributed by atoms with Crippen LogP contribution in [-0.2, 0) is 9.53 Å². The Hall–Kier alpha value is -0.530. The van der Waals surface area contributed by atoms with Crippen molar-refractivity contribution in [2.24, 2.45) is 17.3 Å². The highest BCUT2D eigenvalue weighted by Gasteiger charge is 2.36. The highest BCUT2D eigenvalue weighted by atomic mass is 16.5. The second-order valence-corrected chi connectivity index (χ2v) is 5.74. The van der Waals surface area contributed by atoms with Crippen molar-refractivity contribution >= 4 is 5.97 Å². The summed E-state index contributed by atoms with van der Waals surface area (Å²) < 4.78 is 5.20. The molecule has 88 valence electrons. The van der Waals surface area contributed by atoms with Crippen LogP contribution >= 0.6 is 0 Å². The van der Waals surface area contributed by atoms with E-state index < -0.39 is 0 Å². The van der Waals surface area contributed by atoms with Gasteiger partial charge in [-0.2, -0.15) is 0 Å². The second-order valence-electron chi connectivity index (χ2n) is 5.74. The number of carbonyl (C=O) groups is 1. The molecule has 0 spiro atoms. The Morgan fingerprint density at radius 2 is 2.00 bits per heavy atom. The van der Waals surface area contributed by atoms with Crippen LogP contribution in [0.5, 0.6) is 0 Å². The number of hydrogen-bond acceptors (Lipinski definition) is 2. The SMILES string of the molecule is CCCOC(=O)C1CCC(C(C)(C)C)C1. The van der Waals surface area contributed by atoms with Crippen LogP contribution in [0.25, 0.3) is 0 Å². The maximum absolute atomic E-state index is 11.7. The lowest BCUT2D eigenvalue weighted by Crippen LogP contribution is -2.20. The van der Waals surface area contributed by atoms with E-state index in [0.29, 0.717) is 17.9 Å². The Kier molecular flexibility index (Phi) is 4.18. The summed E-state index contributed by atoms with van der Waals surface area (Å²) in [5.41, 5.74) is 0.333. The second kappa shape index (κ2) is 5.00. The smallest absolute Gasteiger partial charge is 0.308 e. The van der Waals surface area contributed by atoms with E-state index in [1.165, 1.54) is 6.42 Å². The predicted octanol–water partition coefficient (Wildman–Crippen LogP) is 3.40. The van der Waals surface area contributed by atoms with Crippen molar-refractivity contribution in [3.8, 4) is 0 Å². The average molecular weight is 212 g/mol. The molecule has 2 atom stereocenters. The highest BCUT2D eigenvalue weighted by molar-refractivity contribution is 5.72. The first-order valence-electron chi connectivity index (χ1n) is 6.11. The van der Waals surface area contributed by atoms with E-state index in [4.69, 9.17) is 4.74 Å². The van der Waals surface area contributed by atoms with Gasteiger partial charge >= 0.3 is 5.97 Å². The maximum atomic E-state index is 11.7.